The van der Waals surface area contributed by atoms with E-state index in [4.69, 9.17) is 9.26 Å². The average Bonchev–Trinajstić information content (AvgIpc) is 3.10. The molecule has 7 nitrogen and oxygen atoms in total. The number of carbonyl (C=O) groups is 1. The molecule has 0 saturated carbocycles. The summed E-state index contributed by atoms with van der Waals surface area (Å²) >= 11 is 0. The number of amides is 1. The maximum Gasteiger partial charge on any atom is 0.287 e. The zero-order valence-corrected chi connectivity index (χ0v) is 13.1. The SMILES string of the molecule is CNC(=O)c1nc2ccc(-c3c(C)noc3C)c3c2n1CCO3. The van der Waals surface area contributed by atoms with E-state index >= 15 is 0 Å². The Morgan fingerprint density at radius 1 is 1.35 bits per heavy atom. The highest BCUT2D eigenvalue weighted by Gasteiger charge is 2.27. The molecule has 1 N–H and O–H groups in total. The third-order valence-electron chi connectivity index (χ3n) is 4.16. The molecule has 1 aliphatic heterocycles. The maximum atomic E-state index is 12.1. The van der Waals surface area contributed by atoms with Crippen LogP contribution in [0.15, 0.2) is 16.7 Å². The molecule has 0 radical (unpaired) electrons. The van der Waals surface area contributed by atoms with Crippen LogP contribution in [0.25, 0.3) is 22.2 Å². The van der Waals surface area contributed by atoms with Crippen LogP contribution in [0.3, 0.4) is 0 Å². The van der Waals surface area contributed by atoms with Gasteiger partial charge in [0.25, 0.3) is 5.91 Å². The maximum absolute atomic E-state index is 12.1. The highest BCUT2D eigenvalue weighted by Crippen LogP contribution is 2.41. The summed E-state index contributed by atoms with van der Waals surface area (Å²) in [5.41, 5.74) is 4.24. The Hall–Kier alpha value is -2.83. The van der Waals surface area contributed by atoms with Gasteiger partial charge in [-0.3, -0.25) is 4.79 Å². The van der Waals surface area contributed by atoms with Gasteiger partial charge in [0.05, 0.1) is 23.3 Å². The van der Waals surface area contributed by atoms with E-state index in [2.05, 4.69) is 15.5 Å². The zero-order chi connectivity index (χ0) is 16.1. The molecule has 3 heterocycles. The first-order chi connectivity index (χ1) is 11.1. The second-order valence-electron chi connectivity index (χ2n) is 5.52. The molecule has 0 spiro atoms. The largest absolute Gasteiger partial charge is 0.489 e. The van der Waals surface area contributed by atoms with Crippen molar-refractivity contribution >= 4 is 16.9 Å². The minimum absolute atomic E-state index is 0.201. The van der Waals surface area contributed by atoms with Gasteiger partial charge in [-0.1, -0.05) is 5.16 Å². The summed E-state index contributed by atoms with van der Waals surface area (Å²) < 4.78 is 13.1. The third-order valence-corrected chi connectivity index (χ3v) is 4.16. The topological polar surface area (TPSA) is 82.2 Å². The van der Waals surface area contributed by atoms with Crippen LogP contribution in [-0.2, 0) is 6.54 Å². The van der Waals surface area contributed by atoms with E-state index in [-0.39, 0.29) is 5.91 Å². The number of nitrogens with one attached hydrogen (secondary N) is 1. The lowest BCUT2D eigenvalue weighted by Gasteiger charge is -2.20. The molecule has 3 aromatic rings. The van der Waals surface area contributed by atoms with Gasteiger partial charge in [-0.05, 0) is 26.0 Å². The first kappa shape index (κ1) is 13.8. The fourth-order valence-corrected chi connectivity index (χ4v) is 3.14. The van der Waals surface area contributed by atoms with Gasteiger partial charge in [0.2, 0.25) is 0 Å². The van der Waals surface area contributed by atoms with Crippen LogP contribution < -0.4 is 10.1 Å². The number of hydrogen-bond acceptors (Lipinski definition) is 5. The van der Waals surface area contributed by atoms with E-state index in [1.54, 1.807) is 7.05 Å². The monoisotopic (exact) mass is 312 g/mol. The molecule has 118 valence electrons. The molecule has 1 aliphatic rings. The van der Waals surface area contributed by atoms with Crippen molar-refractivity contribution in [3.8, 4) is 16.9 Å². The Morgan fingerprint density at radius 2 is 2.17 bits per heavy atom. The van der Waals surface area contributed by atoms with Crippen LogP contribution in [0.5, 0.6) is 5.75 Å². The number of ether oxygens (including phenoxy) is 1. The molecule has 1 amide bonds. The van der Waals surface area contributed by atoms with Crippen LogP contribution >= 0.6 is 0 Å². The lowest BCUT2D eigenvalue weighted by molar-refractivity contribution is 0.0947. The van der Waals surface area contributed by atoms with Crippen molar-refractivity contribution < 1.29 is 14.1 Å². The highest BCUT2D eigenvalue weighted by molar-refractivity contribution is 5.99. The molecular weight excluding hydrogens is 296 g/mol. The summed E-state index contributed by atoms with van der Waals surface area (Å²) in [5, 5.41) is 6.65. The van der Waals surface area contributed by atoms with Crippen molar-refractivity contribution in [3.63, 3.8) is 0 Å². The number of rotatable bonds is 2. The lowest BCUT2D eigenvalue weighted by Crippen LogP contribution is -2.25. The fourth-order valence-electron chi connectivity index (χ4n) is 3.14. The van der Waals surface area contributed by atoms with E-state index in [0.29, 0.717) is 19.0 Å². The number of carbonyl (C=O) groups excluding carboxylic acids is 1. The predicted molar refractivity (Wildman–Crippen MR) is 83.6 cm³/mol. The van der Waals surface area contributed by atoms with Crippen molar-refractivity contribution in [2.45, 2.75) is 20.4 Å². The van der Waals surface area contributed by atoms with Crippen molar-refractivity contribution in [1.82, 2.24) is 20.0 Å². The van der Waals surface area contributed by atoms with Gasteiger partial charge in [-0.2, -0.15) is 0 Å². The first-order valence-corrected chi connectivity index (χ1v) is 7.43. The van der Waals surface area contributed by atoms with Gasteiger partial charge in [-0.25, -0.2) is 4.98 Å². The van der Waals surface area contributed by atoms with Crippen molar-refractivity contribution in [1.29, 1.82) is 0 Å². The molecule has 1 aromatic carbocycles. The van der Waals surface area contributed by atoms with Gasteiger partial charge < -0.3 is 19.1 Å². The molecule has 0 atom stereocenters. The van der Waals surface area contributed by atoms with Crippen LogP contribution in [0.2, 0.25) is 0 Å². The van der Waals surface area contributed by atoms with Gasteiger partial charge in [0, 0.05) is 12.6 Å². The normalized spacial score (nSPS) is 13.2. The summed E-state index contributed by atoms with van der Waals surface area (Å²) in [5.74, 6) is 1.67. The number of aromatic nitrogens is 3. The third kappa shape index (κ3) is 1.86. The minimum Gasteiger partial charge on any atom is -0.489 e. The standard InChI is InChI=1S/C16H16N4O3/c1-8-12(9(2)23-19-8)10-4-5-11-13-14(10)22-7-6-20(13)15(18-11)16(21)17-3/h4-5H,6-7H2,1-3H3,(H,17,21). The van der Waals surface area contributed by atoms with E-state index in [1.807, 2.05) is 30.5 Å². The van der Waals surface area contributed by atoms with E-state index in [0.717, 1.165) is 39.4 Å². The van der Waals surface area contributed by atoms with Crippen molar-refractivity contribution in [2.75, 3.05) is 13.7 Å². The molecule has 7 heteroatoms. The quantitative estimate of drug-likeness (QED) is 0.783. The number of benzene rings is 1. The second kappa shape index (κ2) is 4.84. The fraction of sp³-hybridized carbons (Fsp3) is 0.312. The Labute approximate surface area is 132 Å². The first-order valence-electron chi connectivity index (χ1n) is 7.43. The Bertz CT molecular complexity index is 919. The van der Waals surface area contributed by atoms with E-state index in [1.165, 1.54) is 0 Å². The Morgan fingerprint density at radius 3 is 2.87 bits per heavy atom. The summed E-state index contributed by atoms with van der Waals surface area (Å²) in [7, 11) is 1.60. The van der Waals surface area contributed by atoms with Crippen molar-refractivity contribution in [3.05, 3.63) is 29.4 Å². The number of hydrogen-bond donors (Lipinski definition) is 1. The summed E-state index contributed by atoms with van der Waals surface area (Å²) in [6.07, 6.45) is 0. The second-order valence-corrected chi connectivity index (χ2v) is 5.52. The summed E-state index contributed by atoms with van der Waals surface area (Å²) in [4.78, 5) is 16.5. The average molecular weight is 312 g/mol. The van der Waals surface area contributed by atoms with Crippen LogP contribution in [0, 0.1) is 13.8 Å². The molecule has 4 rings (SSSR count). The smallest absolute Gasteiger partial charge is 0.287 e. The van der Waals surface area contributed by atoms with Crippen molar-refractivity contribution in [2.24, 2.45) is 0 Å². The number of nitrogens with zero attached hydrogens (tertiary/aromatic N) is 3. The van der Waals surface area contributed by atoms with Gasteiger partial charge in [0.1, 0.15) is 17.9 Å². The van der Waals surface area contributed by atoms with Crippen LogP contribution in [0.4, 0.5) is 0 Å². The van der Waals surface area contributed by atoms with Gasteiger partial charge in [-0.15, -0.1) is 0 Å². The van der Waals surface area contributed by atoms with Crippen LogP contribution in [0.1, 0.15) is 22.1 Å². The Kier molecular flexibility index (Phi) is 2.90. The lowest BCUT2D eigenvalue weighted by atomic mass is 10.0. The van der Waals surface area contributed by atoms with E-state index < -0.39 is 0 Å². The molecule has 0 fully saturated rings. The Balaban J connectivity index is 2.04. The molecule has 0 saturated heterocycles. The summed E-state index contributed by atoms with van der Waals surface area (Å²) in [6, 6.07) is 3.85. The molecule has 0 bridgehead atoms. The number of imidazole rings is 1. The number of aryl methyl sites for hydroxylation is 2. The van der Waals surface area contributed by atoms with Gasteiger partial charge in [0.15, 0.2) is 11.6 Å². The summed E-state index contributed by atoms with van der Waals surface area (Å²) in [6.45, 7) is 4.86. The predicted octanol–water partition coefficient (Wildman–Crippen LogP) is 2.06. The molecule has 23 heavy (non-hydrogen) atoms. The van der Waals surface area contributed by atoms with Crippen LogP contribution in [-0.4, -0.2) is 34.3 Å². The zero-order valence-electron chi connectivity index (χ0n) is 13.1. The molecule has 0 unspecified atom stereocenters. The van der Waals surface area contributed by atoms with Gasteiger partial charge >= 0.3 is 0 Å². The van der Waals surface area contributed by atoms with E-state index in [9.17, 15) is 4.79 Å². The highest BCUT2D eigenvalue weighted by atomic mass is 16.5. The minimum atomic E-state index is -0.201. The molecule has 2 aromatic heterocycles. The molecular formula is C16H16N4O3. The molecule has 0 aliphatic carbocycles.